The quantitative estimate of drug-likeness (QED) is 0.583. The molecule has 1 aliphatic carbocycles. The number of hydrogen-bond donors (Lipinski definition) is 0. The van der Waals surface area contributed by atoms with E-state index < -0.39 is 23.9 Å². The largest absolute Gasteiger partial charge is 0.484 e. The molecule has 1 saturated heterocycles. The number of para-hydroxylation sites is 2. The normalized spacial score (nSPS) is 26.1. The summed E-state index contributed by atoms with van der Waals surface area (Å²) in [6.45, 7) is 0. The summed E-state index contributed by atoms with van der Waals surface area (Å²) in [6.07, 6.45) is 1.06. The van der Waals surface area contributed by atoms with E-state index in [9.17, 15) is 14.4 Å². The van der Waals surface area contributed by atoms with Crippen molar-refractivity contribution in [2.75, 3.05) is 4.90 Å². The Morgan fingerprint density at radius 1 is 0.688 bits per heavy atom. The molecule has 2 amide bonds. The van der Waals surface area contributed by atoms with Gasteiger partial charge >= 0.3 is 0 Å². The van der Waals surface area contributed by atoms with E-state index in [2.05, 4.69) is 0 Å². The molecule has 0 spiro atoms. The average Bonchev–Trinajstić information content (AvgIpc) is 3.10. The smallest absolute Gasteiger partial charge is 0.241 e. The summed E-state index contributed by atoms with van der Waals surface area (Å²) in [5, 5.41) is 0. The van der Waals surface area contributed by atoms with Crippen LogP contribution in [0.5, 0.6) is 5.75 Å². The van der Waals surface area contributed by atoms with E-state index >= 15 is 0 Å². The number of nitrogens with zero attached hydrogens (tertiary/aromatic N) is 1. The van der Waals surface area contributed by atoms with Crippen LogP contribution in [0.25, 0.3) is 0 Å². The highest BCUT2D eigenvalue weighted by atomic mass is 16.5. The third kappa shape index (κ3) is 2.61. The fourth-order valence-electron chi connectivity index (χ4n) is 5.20. The first-order valence-corrected chi connectivity index (χ1v) is 10.6. The lowest BCUT2D eigenvalue weighted by atomic mass is 9.68. The van der Waals surface area contributed by atoms with Crippen molar-refractivity contribution in [2.24, 2.45) is 11.8 Å². The zero-order valence-electron chi connectivity index (χ0n) is 17.0. The number of fused-ring (bicyclic) bond motifs is 4. The van der Waals surface area contributed by atoms with Crippen LogP contribution in [0.3, 0.4) is 0 Å². The van der Waals surface area contributed by atoms with Crippen molar-refractivity contribution in [3.05, 3.63) is 108 Å². The molecule has 2 heterocycles. The Morgan fingerprint density at radius 2 is 1.31 bits per heavy atom. The van der Waals surface area contributed by atoms with E-state index in [0.29, 0.717) is 22.6 Å². The Labute approximate surface area is 184 Å². The van der Waals surface area contributed by atoms with E-state index in [4.69, 9.17) is 4.74 Å². The molecule has 0 radical (unpaired) electrons. The van der Waals surface area contributed by atoms with Crippen LogP contribution in [0.4, 0.5) is 5.69 Å². The topological polar surface area (TPSA) is 63.7 Å². The van der Waals surface area contributed by atoms with Gasteiger partial charge in [0.25, 0.3) is 0 Å². The molecule has 3 aliphatic rings. The van der Waals surface area contributed by atoms with E-state index in [1.807, 2.05) is 42.5 Å². The first-order valence-electron chi connectivity index (χ1n) is 10.6. The molecule has 0 aromatic heterocycles. The number of ether oxygens (including phenoxy) is 1. The third-order valence-corrected chi connectivity index (χ3v) is 6.62. The SMILES string of the molecule is O=C1C2=C[C@H](c3ccccc3)[C@H]3C(=O)N(c4ccccc4)C(=O)[C@H]3[C@@H]2Oc2ccccc21. The standard InChI is InChI=1S/C27H19NO4/c29-24-18-13-7-8-14-21(18)32-25-20(24)15-19(16-9-3-1-4-10-16)22-23(25)27(31)28(26(22)30)17-11-5-2-6-12-17/h1-15,19,22-23,25H/t19-,22-,23-,25-/m1/s1. The molecular weight excluding hydrogens is 402 g/mol. The van der Waals surface area contributed by atoms with Gasteiger partial charge in [-0.3, -0.25) is 14.4 Å². The van der Waals surface area contributed by atoms with Crippen LogP contribution in [0.2, 0.25) is 0 Å². The minimum atomic E-state index is -0.785. The second kappa shape index (κ2) is 7.02. The lowest BCUT2D eigenvalue weighted by Gasteiger charge is -2.38. The van der Waals surface area contributed by atoms with Crippen molar-refractivity contribution in [3.63, 3.8) is 0 Å². The van der Waals surface area contributed by atoms with Gasteiger partial charge in [0.15, 0.2) is 5.78 Å². The van der Waals surface area contributed by atoms with E-state index in [1.165, 1.54) is 4.90 Å². The molecule has 3 aromatic rings. The highest BCUT2D eigenvalue weighted by Gasteiger charge is 2.59. The highest BCUT2D eigenvalue weighted by molar-refractivity contribution is 6.24. The van der Waals surface area contributed by atoms with Crippen LogP contribution < -0.4 is 9.64 Å². The fraction of sp³-hybridized carbons (Fsp3) is 0.148. The monoisotopic (exact) mass is 421 g/mol. The predicted octanol–water partition coefficient (Wildman–Crippen LogP) is 4.16. The molecule has 0 N–H and O–H groups in total. The Hall–Kier alpha value is -3.99. The van der Waals surface area contributed by atoms with Gasteiger partial charge in [0.05, 0.1) is 23.1 Å². The van der Waals surface area contributed by atoms with E-state index in [-0.39, 0.29) is 17.6 Å². The molecular formula is C27H19NO4. The van der Waals surface area contributed by atoms with Crippen LogP contribution in [-0.4, -0.2) is 23.7 Å². The Kier molecular flexibility index (Phi) is 4.12. The Bertz CT molecular complexity index is 1280. The van der Waals surface area contributed by atoms with Gasteiger partial charge in [-0.25, -0.2) is 4.90 Å². The molecule has 5 nitrogen and oxygen atoms in total. The predicted molar refractivity (Wildman–Crippen MR) is 118 cm³/mol. The number of ketones is 1. The van der Waals surface area contributed by atoms with Gasteiger partial charge in [0, 0.05) is 11.5 Å². The van der Waals surface area contributed by atoms with Gasteiger partial charge in [-0.2, -0.15) is 0 Å². The van der Waals surface area contributed by atoms with Crippen molar-refractivity contribution in [1.29, 1.82) is 0 Å². The first kappa shape index (κ1) is 18.8. The van der Waals surface area contributed by atoms with Crippen molar-refractivity contribution in [2.45, 2.75) is 12.0 Å². The molecule has 32 heavy (non-hydrogen) atoms. The molecule has 0 saturated carbocycles. The van der Waals surface area contributed by atoms with Gasteiger partial charge in [-0.05, 0) is 29.8 Å². The lowest BCUT2D eigenvalue weighted by molar-refractivity contribution is -0.123. The summed E-state index contributed by atoms with van der Waals surface area (Å²) < 4.78 is 6.22. The number of Topliss-reactive ketones (excluding diaryl/α,β-unsaturated/α-hetero) is 1. The van der Waals surface area contributed by atoms with Crippen molar-refractivity contribution in [3.8, 4) is 5.75 Å². The minimum absolute atomic E-state index is 0.144. The summed E-state index contributed by atoms with van der Waals surface area (Å²) in [4.78, 5) is 42.0. The molecule has 4 atom stereocenters. The fourth-order valence-corrected chi connectivity index (χ4v) is 5.20. The third-order valence-electron chi connectivity index (χ3n) is 6.62. The van der Waals surface area contributed by atoms with Gasteiger partial charge in [-0.1, -0.05) is 66.7 Å². The molecule has 2 aliphatic heterocycles. The first-order chi connectivity index (χ1) is 15.6. The Morgan fingerprint density at radius 3 is 2.06 bits per heavy atom. The van der Waals surface area contributed by atoms with E-state index in [1.54, 1.807) is 48.5 Å². The molecule has 1 fully saturated rings. The van der Waals surface area contributed by atoms with Crippen LogP contribution >= 0.6 is 0 Å². The van der Waals surface area contributed by atoms with Gasteiger partial charge in [-0.15, -0.1) is 0 Å². The number of hydrogen-bond acceptors (Lipinski definition) is 4. The van der Waals surface area contributed by atoms with Crippen LogP contribution in [0, 0.1) is 11.8 Å². The van der Waals surface area contributed by atoms with Gasteiger partial charge in [0.2, 0.25) is 11.8 Å². The van der Waals surface area contributed by atoms with Crippen molar-refractivity contribution in [1.82, 2.24) is 0 Å². The molecule has 6 rings (SSSR count). The maximum absolute atomic E-state index is 13.7. The minimum Gasteiger partial charge on any atom is -0.484 e. The van der Waals surface area contributed by atoms with Crippen molar-refractivity contribution < 1.29 is 19.1 Å². The average molecular weight is 421 g/mol. The Balaban J connectivity index is 1.53. The highest BCUT2D eigenvalue weighted by Crippen LogP contribution is 2.50. The summed E-state index contributed by atoms with van der Waals surface area (Å²) in [5.41, 5.74) is 2.37. The summed E-state index contributed by atoms with van der Waals surface area (Å²) >= 11 is 0. The summed E-state index contributed by atoms with van der Waals surface area (Å²) in [7, 11) is 0. The molecule has 0 unspecified atom stereocenters. The maximum atomic E-state index is 13.7. The zero-order chi connectivity index (χ0) is 21.8. The van der Waals surface area contributed by atoms with Crippen LogP contribution in [0.15, 0.2) is 96.6 Å². The second-order valence-electron chi connectivity index (χ2n) is 8.32. The van der Waals surface area contributed by atoms with Crippen LogP contribution in [0.1, 0.15) is 21.8 Å². The van der Waals surface area contributed by atoms with Crippen LogP contribution in [-0.2, 0) is 9.59 Å². The number of carbonyl (C=O) groups is 3. The number of imide groups is 1. The van der Waals surface area contributed by atoms with Gasteiger partial charge in [0.1, 0.15) is 11.9 Å². The maximum Gasteiger partial charge on any atom is 0.241 e. The van der Waals surface area contributed by atoms with E-state index in [0.717, 1.165) is 5.56 Å². The molecule has 5 heteroatoms. The number of allylic oxidation sites excluding steroid dienone is 1. The second-order valence-corrected chi connectivity index (χ2v) is 8.32. The summed E-state index contributed by atoms with van der Waals surface area (Å²) in [5.74, 6) is -2.08. The van der Waals surface area contributed by atoms with Crippen molar-refractivity contribution >= 4 is 23.3 Å². The summed E-state index contributed by atoms with van der Waals surface area (Å²) in [6, 6.07) is 25.6. The molecule has 0 bridgehead atoms. The number of carbonyl (C=O) groups excluding carboxylic acids is 3. The number of anilines is 1. The van der Waals surface area contributed by atoms with Gasteiger partial charge < -0.3 is 4.74 Å². The number of rotatable bonds is 2. The number of amides is 2. The number of benzene rings is 3. The molecule has 3 aromatic carbocycles. The molecule has 156 valence electrons. The zero-order valence-corrected chi connectivity index (χ0v) is 17.0. The lowest BCUT2D eigenvalue weighted by Crippen LogP contribution is -2.46.